The van der Waals surface area contributed by atoms with E-state index in [4.69, 9.17) is 21.1 Å². The maximum absolute atomic E-state index is 12.0. The van der Waals surface area contributed by atoms with Crippen molar-refractivity contribution in [3.8, 4) is 11.5 Å². The molecular weight excluding hydrogens is 368 g/mol. The highest BCUT2D eigenvalue weighted by atomic mass is 35.5. The maximum Gasteiger partial charge on any atom is 0.223 e. The number of nitrogens with zero attached hydrogens (tertiary/aromatic N) is 1. The van der Waals surface area contributed by atoms with Crippen LogP contribution in [0.3, 0.4) is 0 Å². The third-order valence-corrected chi connectivity index (χ3v) is 4.05. The molecule has 0 fully saturated rings. The van der Waals surface area contributed by atoms with Crippen molar-refractivity contribution in [1.29, 1.82) is 0 Å². The van der Waals surface area contributed by atoms with Crippen molar-refractivity contribution in [2.24, 2.45) is 0 Å². The lowest BCUT2D eigenvalue weighted by Gasteiger charge is -2.21. The van der Waals surface area contributed by atoms with Gasteiger partial charge in [0.1, 0.15) is 18.1 Å². The van der Waals surface area contributed by atoms with Crippen LogP contribution in [0.2, 0.25) is 5.02 Å². The second-order valence-electron chi connectivity index (χ2n) is 5.77. The fourth-order valence-corrected chi connectivity index (χ4v) is 2.63. The van der Waals surface area contributed by atoms with E-state index in [2.05, 4.69) is 5.32 Å². The molecule has 0 radical (unpaired) electrons. The Hall–Kier alpha value is -2.73. The van der Waals surface area contributed by atoms with Crippen LogP contribution in [0.4, 0.5) is 5.69 Å². The van der Waals surface area contributed by atoms with Crippen LogP contribution in [0.5, 0.6) is 11.5 Å². The van der Waals surface area contributed by atoms with Crippen molar-refractivity contribution >= 4 is 29.1 Å². The van der Waals surface area contributed by atoms with E-state index in [0.29, 0.717) is 29.6 Å². The first-order chi connectivity index (χ1) is 13.0. The number of benzene rings is 2. The van der Waals surface area contributed by atoms with E-state index in [1.807, 2.05) is 0 Å². The van der Waals surface area contributed by atoms with Gasteiger partial charge in [0.05, 0.1) is 13.7 Å². The van der Waals surface area contributed by atoms with Crippen LogP contribution < -0.4 is 19.7 Å². The number of methoxy groups -OCH3 is 1. The molecule has 0 bridgehead atoms. The lowest BCUT2D eigenvalue weighted by atomic mass is 10.2. The summed E-state index contributed by atoms with van der Waals surface area (Å²) in [5.74, 6) is 1.16. The highest BCUT2D eigenvalue weighted by Gasteiger charge is 2.13. The van der Waals surface area contributed by atoms with Crippen molar-refractivity contribution in [2.75, 3.05) is 31.7 Å². The molecule has 0 aliphatic carbocycles. The fourth-order valence-electron chi connectivity index (χ4n) is 2.45. The molecule has 2 aromatic carbocycles. The lowest BCUT2D eigenvalue weighted by molar-refractivity contribution is -0.121. The first kappa shape index (κ1) is 20.6. The number of rotatable bonds is 9. The Balaban J connectivity index is 1.73. The van der Waals surface area contributed by atoms with Gasteiger partial charge < -0.3 is 19.7 Å². The first-order valence-corrected chi connectivity index (χ1v) is 8.94. The van der Waals surface area contributed by atoms with Gasteiger partial charge in [0.25, 0.3) is 0 Å². The number of carbonyl (C=O) groups is 2. The Labute approximate surface area is 164 Å². The number of amides is 2. The molecule has 144 valence electrons. The van der Waals surface area contributed by atoms with Crippen molar-refractivity contribution in [1.82, 2.24) is 5.32 Å². The first-order valence-electron chi connectivity index (χ1n) is 8.57. The van der Waals surface area contributed by atoms with E-state index in [-0.39, 0.29) is 24.8 Å². The molecule has 0 aliphatic rings. The molecule has 0 saturated carbocycles. The molecule has 0 aromatic heterocycles. The molecule has 0 aliphatic heterocycles. The quantitative estimate of drug-likeness (QED) is 0.667. The average molecular weight is 391 g/mol. The molecule has 0 atom stereocenters. The van der Waals surface area contributed by atoms with E-state index < -0.39 is 0 Å². The molecule has 7 heteroatoms. The normalized spacial score (nSPS) is 10.2. The number of halogens is 1. The van der Waals surface area contributed by atoms with Crippen molar-refractivity contribution in [3.05, 3.63) is 53.6 Å². The van der Waals surface area contributed by atoms with Gasteiger partial charge in [-0.05, 0) is 42.5 Å². The van der Waals surface area contributed by atoms with Crippen molar-refractivity contribution in [2.45, 2.75) is 13.3 Å². The van der Waals surface area contributed by atoms with Gasteiger partial charge >= 0.3 is 0 Å². The molecule has 0 unspecified atom stereocenters. The minimum Gasteiger partial charge on any atom is -0.497 e. The number of hydrogen-bond donors (Lipinski definition) is 1. The number of hydrogen-bond acceptors (Lipinski definition) is 4. The molecule has 0 saturated heterocycles. The SMILES string of the molecule is COc1ccc(OCCNC(=O)CCN(C(C)=O)c2cccc(Cl)c2)cc1. The summed E-state index contributed by atoms with van der Waals surface area (Å²) in [7, 11) is 1.60. The summed E-state index contributed by atoms with van der Waals surface area (Å²) in [6.07, 6.45) is 0.189. The van der Waals surface area contributed by atoms with Gasteiger partial charge in [-0.3, -0.25) is 9.59 Å². The van der Waals surface area contributed by atoms with Crippen LogP contribution in [0, 0.1) is 0 Å². The number of carbonyl (C=O) groups excluding carboxylic acids is 2. The fraction of sp³-hybridized carbons (Fsp3) is 0.300. The Kier molecular flexibility index (Phi) is 7.95. The van der Waals surface area contributed by atoms with Crippen molar-refractivity contribution in [3.63, 3.8) is 0 Å². The number of nitrogens with one attached hydrogen (secondary N) is 1. The topological polar surface area (TPSA) is 67.9 Å². The molecule has 0 heterocycles. The number of ether oxygens (including phenoxy) is 2. The molecule has 1 N–H and O–H groups in total. The van der Waals surface area contributed by atoms with Gasteiger partial charge in [-0.25, -0.2) is 0 Å². The molecule has 27 heavy (non-hydrogen) atoms. The van der Waals surface area contributed by atoms with Gasteiger partial charge in [-0.1, -0.05) is 17.7 Å². The van der Waals surface area contributed by atoms with Crippen LogP contribution in [0.25, 0.3) is 0 Å². The van der Waals surface area contributed by atoms with Gasteiger partial charge in [0.2, 0.25) is 11.8 Å². The summed E-state index contributed by atoms with van der Waals surface area (Å²) in [5.41, 5.74) is 0.672. The third-order valence-electron chi connectivity index (χ3n) is 3.81. The van der Waals surface area contributed by atoms with Crippen LogP contribution in [0.15, 0.2) is 48.5 Å². The second kappa shape index (κ2) is 10.4. The average Bonchev–Trinajstić information content (AvgIpc) is 2.65. The molecule has 6 nitrogen and oxygen atoms in total. The van der Waals surface area contributed by atoms with E-state index in [9.17, 15) is 9.59 Å². The van der Waals surface area contributed by atoms with Crippen LogP contribution >= 0.6 is 11.6 Å². The van der Waals surface area contributed by atoms with Crippen LogP contribution in [-0.4, -0.2) is 38.6 Å². The molecular formula is C20H23ClN2O4. The molecule has 2 aromatic rings. The smallest absolute Gasteiger partial charge is 0.223 e. The summed E-state index contributed by atoms with van der Waals surface area (Å²) >= 11 is 5.97. The summed E-state index contributed by atoms with van der Waals surface area (Å²) in [6.45, 7) is 2.47. The summed E-state index contributed by atoms with van der Waals surface area (Å²) < 4.78 is 10.6. The Bertz CT molecular complexity index is 765. The van der Waals surface area contributed by atoms with E-state index in [1.54, 1.807) is 55.6 Å². The standard InChI is InChI=1S/C20H23ClN2O4/c1-15(24)23(17-5-3-4-16(21)14-17)12-10-20(25)22-11-13-27-19-8-6-18(26-2)7-9-19/h3-9,14H,10-13H2,1-2H3,(H,22,25). The number of anilines is 1. The monoisotopic (exact) mass is 390 g/mol. The highest BCUT2D eigenvalue weighted by Crippen LogP contribution is 2.20. The van der Waals surface area contributed by atoms with E-state index in [1.165, 1.54) is 11.8 Å². The predicted molar refractivity (Wildman–Crippen MR) is 106 cm³/mol. The Morgan fingerprint density at radius 1 is 1.11 bits per heavy atom. The summed E-state index contributed by atoms with van der Waals surface area (Å²) in [4.78, 5) is 25.4. The zero-order valence-electron chi connectivity index (χ0n) is 15.4. The Morgan fingerprint density at radius 3 is 2.44 bits per heavy atom. The minimum absolute atomic E-state index is 0.145. The zero-order valence-corrected chi connectivity index (χ0v) is 16.2. The molecule has 2 amide bonds. The van der Waals surface area contributed by atoms with Gasteiger partial charge in [0.15, 0.2) is 0 Å². The van der Waals surface area contributed by atoms with Crippen molar-refractivity contribution < 1.29 is 19.1 Å². The van der Waals surface area contributed by atoms with E-state index >= 15 is 0 Å². The second-order valence-corrected chi connectivity index (χ2v) is 6.21. The minimum atomic E-state index is -0.151. The van der Waals surface area contributed by atoms with Gasteiger partial charge in [0, 0.05) is 30.6 Å². The highest BCUT2D eigenvalue weighted by molar-refractivity contribution is 6.30. The largest absolute Gasteiger partial charge is 0.497 e. The van der Waals surface area contributed by atoms with Gasteiger partial charge in [-0.2, -0.15) is 0 Å². The zero-order chi connectivity index (χ0) is 19.6. The summed E-state index contributed by atoms with van der Waals surface area (Å²) in [6, 6.07) is 14.2. The predicted octanol–water partition coefficient (Wildman–Crippen LogP) is 3.29. The Morgan fingerprint density at radius 2 is 1.81 bits per heavy atom. The van der Waals surface area contributed by atoms with Crippen LogP contribution in [0.1, 0.15) is 13.3 Å². The van der Waals surface area contributed by atoms with E-state index in [0.717, 1.165) is 5.75 Å². The van der Waals surface area contributed by atoms with Crippen LogP contribution in [-0.2, 0) is 9.59 Å². The molecule has 2 rings (SSSR count). The molecule has 0 spiro atoms. The maximum atomic E-state index is 12.0. The third kappa shape index (κ3) is 6.83. The lowest BCUT2D eigenvalue weighted by Crippen LogP contribution is -2.35. The summed E-state index contributed by atoms with van der Waals surface area (Å²) in [5, 5.41) is 3.32. The van der Waals surface area contributed by atoms with Gasteiger partial charge in [-0.15, -0.1) is 0 Å².